The largest absolute Gasteiger partial charge is 0.545 e. The topological polar surface area (TPSA) is 69.2 Å². The van der Waals surface area contributed by atoms with E-state index in [1.54, 1.807) is 0 Å². The zero-order chi connectivity index (χ0) is 8.69. The highest BCUT2D eigenvalue weighted by Gasteiger charge is 1.90. The molecule has 0 radical (unpaired) electrons. The molecule has 0 saturated carbocycles. The summed E-state index contributed by atoms with van der Waals surface area (Å²) in [5.74, 6) is -1.77. The number of hydrogen-bond acceptors (Lipinski definition) is 3. The minimum atomic E-state index is -1.36. The molecule has 4 nitrogen and oxygen atoms in total. The predicted molar refractivity (Wildman–Crippen MR) is 37.4 cm³/mol. The molecule has 0 rings (SSSR count). The van der Waals surface area contributed by atoms with Crippen molar-refractivity contribution in [3.63, 3.8) is 0 Å². The van der Waals surface area contributed by atoms with Crippen LogP contribution >= 0.6 is 0 Å². The summed E-state index contributed by atoms with van der Waals surface area (Å²) < 4.78 is 0. The Morgan fingerprint density at radius 3 is 2.55 bits per heavy atom. The number of hydrogen-bond donors (Lipinski definition) is 1. The third-order valence-corrected chi connectivity index (χ3v) is 0.920. The highest BCUT2D eigenvalue weighted by atomic mass is 16.4. The maximum atomic E-state index is 10.6. The van der Waals surface area contributed by atoms with Gasteiger partial charge in [0.15, 0.2) is 0 Å². The lowest BCUT2D eigenvalue weighted by Gasteiger charge is -1.97. The van der Waals surface area contributed by atoms with Crippen LogP contribution in [0.2, 0.25) is 0 Å². The monoisotopic (exact) mass is 156 g/mol. The standard InChI is InChI=1S/C7H11NO3/c1-2-5-8-6(9)3-4-7(10)11/h3-4H,2,5H2,1H3,(H,8,9)(H,10,11)/p-1. The molecule has 0 fully saturated rings. The number of carbonyl (C=O) groups is 2. The van der Waals surface area contributed by atoms with E-state index in [4.69, 9.17) is 0 Å². The number of aliphatic carboxylic acids is 1. The van der Waals surface area contributed by atoms with Crippen LogP contribution in [0.1, 0.15) is 13.3 Å². The van der Waals surface area contributed by atoms with Gasteiger partial charge in [-0.15, -0.1) is 0 Å². The smallest absolute Gasteiger partial charge is 0.244 e. The average Bonchev–Trinajstić information content (AvgIpc) is 1.97. The number of rotatable bonds is 4. The van der Waals surface area contributed by atoms with E-state index in [1.165, 1.54) is 0 Å². The molecule has 0 aliphatic rings. The lowest BCUT2D eigenvalue weighted by Crippen LogP contribution is -2.24. The van der Waals surface area contributed by atoms with E-state index >= 15 is 0 Å². The number of nitrogens with one attached hydrogen (secondary N) is 1. The summed E-state index contributed by atoms with van der Waals surface area (Å²) in [5.41, 5.74) is 0. The van der Waals surface area contributed by atoms with E-state index in [0.29, 0.717) is 12.6 Å². The Morgan fingerprint density at radius 1 is 1.45 bits per heavy atom. The van der Waals surface area contributed by atoms with Crippen molar-refractivity contribution in [2.75, 3.05) is 6.54 Å². The predicted octanol–water partition coefficient (Wildman–Crippen LogP) is -1.18. The minimum absolute atomic E-state index is 0.406. The fourth-order valence-electron chi connectivity index (χ4n) is 0.451. The van der Waals surface area contributed by atoms with Crippen LogP contribution in [-0.4, -0.2) is 18.4 Å². The molecule has 0 heterocycles. The average molecular weight is 156 g/mol. The van der Waals surface area contributed by atoms with Gasteiger partial charge in [0.2, 0.25) is 5.91 Å². The van der Waals surface area contributed by atoms with Gasteiger partial charge in [-0.1, -0.05) is 6.92 Å². The van der Waals surface area contributed by atoms with Gasteiger partial charge in [0.25, 0.3) is 0 Å². The minimum Gasteiger partial charge on any atom is -0.545 e. The van der Waals surface area contributed by atoms with Gasteiger partial charge in [0.1, 0.15) is 0 Å². The third-order valence-electron chi connectivity index (χ3n) is 0.920. The summed E-state index contributed by atoms with van der Waals surface area (Å²) >= 11 is 0. The van der Waals surface area contributed by atoms with Crippen LogP contribution in [0.5, 0.6) is 0 Å². The number of amides is 1. The molecular formula is C7H10NO3-. The van der Waals surface area contributed by atoms with E-state index in [9.17, 15) is 14.7 Å². The molecular weight excluding hydrogens is 146 g/mol. The van der Waals surface area contributed by atoms with Crippen molar-refractivity contribution in [3.05, 3.63) is 12.2 Å². The fraction of sp³-hybridized carbons (Fsp3) is 0.429. The Bertz CT molecular complexity index is 175. The molecule has 0 aromatic rings. The van der Waals surface area contributed by atoms with Gasteiger partial charge in [-0.05, 0) is 12.5 Å². The van der Waals surface area contributed by atoms with Gasteiger partial charge < -0.3 is 15.2 Å². The Balaban J connectivity index is 3.60. The molecule has 1 amide bonds. The summed E-state index contributed by atoms with van der Waals surface area (Å²) in [4.78, 5) is 20.4. The zero-order valence-corrected chi connectivity index (χ0v) is 6.29. The Hall–Kier alpha value is -1.32. The van der Waals surface area contributed by atoms with Gasteiger partial charge in [-0.25, -0.2) is 0 Å². The molecule has 0 aromatic heterocycles. The second-order valence-electron chi connectivity index (χ2n) is 1.94. The van der Waals surface area contributed by atoms with Crippen LogP contribution in [-0.2, 0) is 9.59 Å². The molecule has 0 aliphatic carbocycles. The SMILES string of the molecule is CCCNC(=O)C=CC(=O)[O-]. The van der Waals surface area contributed by atoms with Crippen LogP contribution in [0.4, 0.5) is 0 Å². The van der Waals surface area contributed by atoms with Crippen LogP contribution in [0.25, 0.3) is 0 Å². The van der Waals surface area contributed by atoms with Crippen molar-refractivity contribution in [2.45, 2.75) is 13.3 Å². The summed E-state index contributed by atoms with van der Waals surface area (Å²) in [6, 6.07) is 0. The van der Waals surface area contributed by atoms with Gasteiger partial charge >= 0.3 is 0 Å². The molecule has 0 saturated heterocycles. The van der Waals surface area contributed by atoms with E-state index in [-0.39, 0.29) is 0 Å². The lowest BCUT2D eigenvalue weighted by molar-refractivity contribution is -0.297. The first-order valence-electron chi connectivity index (χ1n) is 3.33. The third kappa shape index (κ3) is 6.57. The quantitative estimate of drug-likeness (QED) is 0.521. The van der Waals surface area contributed by atoms with Crippen LogP contribution in [0, 0.1) is 0 Å². The van der Waals surface area contributed by atoms with Crippen molar-refractivity contribution < 1.29 is 14.7 Å². The van der Waals surface area contributed by atoms with Crippen molar-refractivity contribution in [3.8, 4) is 0 Å². The first-order valence-corrected chi connectivity index (χ1v) is 3.33. The summed E-state index contributed by atoms with van der Waals surface area (Å²) in [6.07, 6.45) is 2.46. The zero-order valence-electron chi connectivity index (χ0n) is 6.29. The summed E-state index contributed by atoms with van der Waals surface area (Å²) in [7, 11) is 0. The Kier molecular flexibility index (Phi) is 4.81. The number of carbonyl (C=O) groups excluding carboxylic acids is 2. The summed E-state index contributed by atoms with van der Waals surface area (Å²) in [6.45, 7) is 2.46. The molecule has 1 N–H and O–H groups in total. The van der Waals surface area contributed by atoms with Crippen molar-refractivity contribution in [1.29, 1.82) is 0 Å². The Morgan fingerprint density at radius 2 is 2.09 bits per heavy atom. The van der Waals surface area contributed by atoms with Gasteiger partial charge in [0.05, 0.1) is 5.97 Å². The highest BCUT2D eigenvalue weighted by molar-refractivity contribution is 5.93. The Labute approximate surface area is 64.9 Å². The molecule has 11 heavy (non-hydrogen) atoms. The second kappa shape index (κ2) is 5.46. The normalized spacial score (nSPS) is 9.91. The first kappa shape index (κ1) is 9.68. The van der Waals surface area contributed by atoms with Gasteiger partial charge in [0, 0.05) is 12.6 Å². The molecule has 0 aliphatic heterocycles. The van der Waals surface area contributed by atoms with Crippen LogP contribution in [0.15, 0.2) is 12.2 Å². The molecule has 62 valence electrons. The van der Waals surface area contributed by atoms with E-state index in [0.717, 1.165) is 12.5 Å². The van der Waals surface area contributed by atoms with Crippen LogP contribution < -0.4 is 10.4 Å². The molecule has 4 heteroatoms. The summed E-state index contributed by atoms with van der Waals surface area (Å²) in [5, 5.41) is 12.3. The van der Waals surface area contributed by atoms with Gasteiger partial charge in [-0.3, -0.25) is 4.79 Å². The van der Waals surface area contributed by atoms with Crippen molar-refractivity contribution in [2.24, 2.45) is 0 Å². The molecule has 0 unspecified atom stereocenters. The van der Waals surface area contributed by atoms with E-state index in [2.05, 4.69) is 5.32 Å². The van der Waals surface area contributed by atoms with Crippen molar-refractivity contribution in [1.82, 2.24) is 5.32 Å². The van der Waals surface area contributed by atoms with E-state index < -0.39 is 11.9 Å². The fourth-order valence-corrected chi connectivity index (χ4v) is 0.451. The maximum Gasteiger partial charge on any atom is 0.244 e. The molecule has 0 atom stereocenters. The number of carboxylic acid groups (broad SMARTS) is 1. The van der Waals surface area contributed by atoms with Crippen LogP contribution in [0.3, 0.4) is 0 Å². The first-order chi connectivity index (χ1) is 5.16. The van der Waals surface area contributed by atoms with Crippen molar-refractivity contribution >= 4 is 11.9 Å². The molecule has 0 aromatic carbocycles. The number of carboxylic acids is 1. The maximum absolute atomic E-state index is 10.6. The molecule has 0 bridgehead atoms. The van der Waals surface area contributed by atoms with E-state index in [1.807, 2.05) is 6.92 Å². The highest BCUT2D eigenvalue weighted by Crippen LogP contribution is 1.74. The molecule has 0 spiro atoms. The second-order valence-corrected chi connectivity index (χ2v) is 1.94. The van der Waals surface area contributed by atoms with Gasteiger partial charge in [-0.2, -0.15) is 0 Å². The lowest BCUT2D eigenvalue weighted by atomic mass is 10.4.